The Bertz CT molecular complexity index is 1560. The fourth-order valence-electron chi connectivity index (χ4n) is 3.55. The van der Waals surface area contributed by atoms with Crippen LogP contribution in [0.4, 0.5) is 31.5 Å². The highest BCUT2D eigenvalue weighted by Gasteiger charge is 2.24. The van der Waals surface area contributed by atoms with Crippen LogP contribution in [0.2, 0.25) is 0 Å². The van der Waals surface area contributed by atoms with Gasteiger partial charge in [-0.25, -0.2) is 14.0 Å². The molecule has 4 rings (SSSR count). The van der Waals surface area contributed by atoms with E-state index < -0.39 is 34.2 Å². The lowest BCUT2D eigenvalue weighted by atomic mass is 10.1. The van der Waals surface area contributed by atoms with Crippen LogP contribution in [0.15, 0.2) is 73.3 Å². The second kappa shape index (κ2) is 14.6. The highest BCUT2D eigenvalue weighted by Crippen LogP contribution is 2.30. The normalized spacial score (nSPS) is 10.1. The van der Waals surface area contributed by atoms with E-state index in [1.54, 1.807) is 43.0 Å². The number of carbonyl (C=O) groups excluding carboxylic acids is 2. The number of anilines is 3. The Morgan fingerprint density at radius 3 is 1.79 bits per heavy atom. The summed E-state index contributed by atoms with van der Waals surface area (Å²) in [6.45, 7) is 0.612. The zero-order valence-corrected chi connectivity index (χ0v) is 22.5. The van der Waals surface area contributed by atoms with Crippen LogP contribution >= 0.6 is 0 Å². The lowest BCUT2D eigenvalue weighted by Gasteiger charge is -2.11. The van der Waals surface area contributed by atoms with Gasteiger partial charge in [-0.15, -0.1) is 0 Å². The van der Waals surface area contributed by atoms with Crippen molar-refractivity contribution in [1.29, 1.82) is 0 Å². The molecular formula is C28H26F2N6O6. The molecule has 0 atom stereocenters. The van der Waals surface area contributed by atoms with Crippen LogP contribution in [0.3, 0.4) is 0 Å². The van der Waals surface area contributed by atoms with Crippen molar-refractivity contribution in [3.05, 3.63) is 117 Å². The molecular weight excluding hydrogens is 554 g/mol. The molecule has 4 aromatic rings. The van der Waals surface area contributed by atoms with Gasteiger partial charge < -0.3 is 25.8 Å². The summed E-state index contributed by atoms with van der Waals surface area (Å²) in [5, 5.41) is 16.7. The Kier molecular flexibility index (Phi) is 10.8. The van der Waals surface area contributed by atoms with Gasteiger partial charge in [0.2, 0.25) is 5.82 Å². The second-order valence-corrected chi connectivity index (χ2v) is 8.44. The lowest BCUT2D eigenvalue weighted by molar-refractivity contribution is -0.386. The van der Waals surface area contributed by atoms with Crippen LogP contribution < -0.4 is 16.4 Å². The van der Waals surface area contributed by atoms with Crippen LogP contribution in [-0.2, 0) is 22.6 Å². The zero-order chi connectivity index (χ0) is 30.6. The summed E-state index contributed by atoms with van der Waals surface area (Å²) in [6, 6.07) is 11.6. The Hall–Kier alpha value is -5.66. The smallest absolute Gasteiger partial charge is 0.338 e. The fraction of sp³-hybridized carbons (Fsp3) is 0.143. The van der Waals surface area contributed by atoms with Gasteiger partial charge in [-0.2, -0.15) is 4.39 Å². The van der Waals surface area contributed by atoms with E-state index in [1.807, 2.05) is 6.07 Å². The van der Waals surface area contributed by atoms with E-state index in [9.17, 15) is 28.5 Å². The number of esters is 2. The molecule has 0 unspecified atom stereocenters. The van der Waals surface area contributed by atoms with Gasteiger partial charge in [-0.05, 0) is 47.5 Å². The lowest BCUT2D eigenvalue weighted by Crippen LogP contribution is -2.08. The maximum Gasteiger partial charge on any atom is 0.338 e. The van der Waals surface area contributed by atoms with E-state index in [2.05, 4.69) is 30.1 Å². The number of nitrogen functional groups attached to an aromatic ring is 1. The average molecular weight is 581 g/mol. The Morgan fingerprint density at radius 1 is 0.857 bits per heavy atom. The Balaban J connectivity index is 0.000000231. The summed E-state index contributed by atoms with van der Waals surface area (Å²) in [4.78, 5) is 41.0. The number of nitro groups is 1. The maximum atomic E-state index is 13.9. The van der Waals surface area contributed by atoms with Gasteiger partial charge in [-0.3, -0.25) is 20.1 Å². The number of carbonyl (C=O) groups is 2. The van der Waals surface area contributed by atoms with Gasteiger partial charge in [0, 0.05) is 37.9 Å². The molecule has 0 saturated heterocycles. The van der Waals surface area contributed by atoms with Crippen molar-refractivity contribution in [2.75, 3.05) is 30.6 Å². The molecule has 2 aromatic heterocycles. The number of rotatable bonds is 9. The van der Waals surface area contributed by atoms with Crippen LogP contribution in [0.25, 0.3) is 0 Å². The maximum absolute atomic E-state index is 13.9. The molecule has 0 fully saturated rings. The average Bonchev–Trinajstić information content (AvgIpc) is 3.00. The summed E-state index contributed by atoms with van der Waals surface area (Å²) in [5.74, 6) is -3.17. The SMILES string of the molecule is COC(=O)c1cc(F)c(N)c(NCc2cccnc2)c1.COC(=O)c1cc(F)c([N+](=O)[O-])c(NCc2cccnc2)c1. The van der Waals surface area contributed by atoms with Gasteiger partial charge in [0.1, 0.15) is 11.5 Å². The van der Waals surface area contributed by atoms with Crippen LogP contribution in [0.5, 0.6) is 0 Å². The molecule has 218 valence electrons. The summed E-state index contributed by atoms with van der Waals surface area (Å²) in [5.41, 5.74) is 6.78. The van der Waals surface area contributed by atoms with E-state index in [-0.39, 0.29) is 29.0 Å². The van der Waals surface area contributed by atoms with Gasteiger partial charge >= 0.3 is 17.6 Å². The molecule has 0 aliphatic heterocycles. The van der Waals surface area contributed by atoms with Gasteiger partial charge in [0.15, 0.2) is 0 Å². The number of nitro benzene ring substituents is 1. The van der Waals surface area contributed by atoms with E-state index in [0.717, 1.165) is 30.4 Å². The molecule has 2 heterocycles. The van der Waals surface area contributed by atoms with Crippen molar-refractivity contribution >= 4 is 34.7 Å². The first-order chi connectivity index (χ1) is 20.1. The molecule has 4 N–H and O–H groups in total. The van der Waals surface area contributed by atoms with Crippen molar-refractivity contribution in [3.63, 3.8) is 0 Å². The highest BCUT2D eigenvalue weighted by molar-refractivity contribution is 5.92. The molecule has 12 nitrogen and oxygen atoms in total. The third kappa shape index (κ3) is 8.17. The molecule has 0 radical (unpaired) electrons. The van der Waals surface area contributed by atoms with Crippen molar-refractivity contribution in [2.45, 2.75) is 13.1 Å². The van der Waals surface area contributed by atoms with E-state index >= 15 is 0 Å². The van der Waals surface area contributed by atoms with Gasteiger partial charge in [-0.1, -0.05) is 12.1 Å². The van der Waals surface area contributed by atoms with E-state index in [4.69, 9.17) is 5.73 Å². The number of hydrogen-bond acceptors (Lipinski definition) is 11. The predicted octanol–water partition coefficient (Wildman–Crippen LogP) is 4.73. The largest absolute Gasteiger partial charge is 0.465 e. The van der Waals surface area contributed by atoms with Crippen LogP contribution in [-0.4, -0.2) is 41.0 Å². The third-order valence-corrected chi connectivity index (χ3v) is 5.63. The number of nitrogens with one attached hydrogen (secondary N) is 2. The molecule has 0 saturated carbocycles. The quantitative estimate of drug-likeness (QED) is 0.108. The van der Waals surface area contributed by atoms with Crippen molar-refractivity contribution in [3.8, 4) is 0 Å². The van der Waals surface area contributed by atoms with Crippen molar-refractivity contribution < 1.29 is 32.8 Å². The number of ether oxygens (including phenoxy) is 2. The standard InChI is InChI=1S/C14H12FN3O4.C14H14FN3O2/c1-22-14(19)10-5-11(15)13(18(20)21)12(6-10)17-8-9-3-2-4-16-7-9;1-20-14(19)10-5-11(15)13(16)12(6-10)18-8-9-3-2-4-17-7-9/h2-7,17H,8H2,1H3;2-7,18H,8,16H2,1H3. The number of nitrogens with zero attached hydrogens (tertiary/aromatic N) is 3. The monoisotopic (exact) mass is 580 g/mol. The number of pyridine rings is 2. The second-order valence-electron chi connectivity index (χ2n) is 8.44. The van der Waals surface area contributed by atoms with Crippen molar-refractivity contribution in [1.82, 2.24) is 9.97 Å². The summed E-state index contributed by atoms with van der Waals surface area (Å²) < 4.78 is 36.6. The first-order valence-electron chi connectivity index (χ1n) is 12.1. The number of nitrogens with two attached hydrogens (primary N) is 1. The van der Waals surface area contributed by atoms with Gasteiger partial charge in [0.25, 0.3) is 0 Å². The number of halogens is 2. The molecule has 0 amide bonds. The minimum Gasteiger partial charge on any atom is -0.465 e. The molecule has 14 heteroatoms. The highest BCUT2D eigenvalue weighted by atomic mass is 19.1. The van der Waals surface area contributed by atoms with Crippen LogP contribution in [0, 0.1) is 21.7 Å². The van der Waals surface area contributed by atoms with Crippen molar-refractivity contribution in [2.24, 2.45) is 0 Å². The molecule has 0 aliphatic carbocycles. The molecule has 2 aromatic carbocycles. The Labute approximate surface area is 238 Å². The summed E-state index contributed by atoms with van der Waals surface area (Å²) in [7, 11) is 2.38. The predicted molar refractivity (Wildman–Crippen MR) is 150 cm³/mol. The number of methoxy groups -OCH3 is 2. The van der Waals surface area contributed by atoms with Gasteiger partial charge in [0.05, 0.1) is 41.6 Å². The number of hydrogen-bond donors (Lipinski definition) is 3. The number of benzene rings is 2. The summed E-state index contributed by atoms with van der Waals surface area (Å²) >= 11 is 0. The minimum absolute atomic E-state index is 0.0402. The fourth-order valence-corrected chi connectivity index (χ4v) is 3.55. The first-order valence-corrected chi connectivity index (χ1v) is 12.1. The zero-order valence-electron chi connectivity index (χ0n) is 22.5. The summed E-state index contributed by atoms with van der Waals surface area (Å²) in [6.07, 6.45) is 6.50. The number of aromatic nitrogens is 2. The topological polar surface area (TPSA) is 172 Å². The molecule has 42 heavy (non-hydrogen) atoms. The van der Waals surface area contributed by atoms with Crippen LogP contribution in [0.1, 0.15) is 31.8 Å². The van der Waals surface area contributed by atoms with E-state index in [0.29, 0.717) is 12.2 Å². The minimum atomic E-state index is -1.11. The van der Waals surface area contributed by atoms with E-state index in [1.165, 1.54) is 19.2 Å². The first kappa shape index (κ1) is 30.9. The molecule has 0 aliphatic rings. The molecule has 0 spiro atoms. The third-order valence-electron chi connectivity index (χ3n) is 5.63. The Morgan fingerprint density at radius 2 is 1.33 bits per heavy atom. The molecule has 0 bridgehead atoms.